The van der Waals surface area contributed by atoms with Gasteiger partial charge in [-0.3, -0.25) is 4.79 Å². The van der Waals surface area contributed by atoms with Gasteiger partial charge in [-0.05, 0) is 74.1 Å². The maximum Gasteiger partial charge on any atom is 0.217 e. The van der Waals surface area contributed by atoms with Gasteiger partial charge in [0.25, 0.3) is 0 Å². The molecule has 2 aromatic carbocycles. The quantitative estimate of drug-likeness (QED) is 0.335. The molecular formula is C25H30N2O4. The summed E-state index contributed by atoms with van der Waals surface area (Å²) in [5, 5.41) is 21.1. The molecule has 1 amide bonds. The SMILES string of the molecule is CC(=O)NC(C)CC/C(O)=C/C(=N)c1ccc(Oc2cccc(OCC3CC3)c2)cc1. The Balaban J connectivity index is 1.52. The summed E-state index contributed by atoms with van der Waals surface area (Å²) in [4.78, 5) is 11.0. The highest BCUT2D eigenvalue weighted by molar-refractivity contribution is 6.06. The van der Waals surface area contributed by atoms with Crippen molar-refractivity contribution < 1.29 is 19.4 Å². The van der Waals surface area contributed by atoms with E-state index in [1.54, 1.807) is 24.3 Å². The predicted molar refractivity (Wildman–Crippen MR) is 121 cm³/mol. The minimum atomic E-state index is -0.0940. The van der Waals surface area contributed by atoms with Crippen molar-refractivity contribution in [3.8, 4) is 17.2 Å². The van der Waals surface area contributed by atoms with Gasteiger partial charge in [-0.25, -0.2) is 0 Å². The highest BCUT2D eigenvalue weighted by atomic mass is 16.5. The smallest absolute Gasteiger partial charge is 0.217 e. The predicted octanol–water partition coefficient (Wildman–Crippen LogP) is 5.38. The summed E-state index contributed by atoms with van der Waals surface area (Å²) in [6.45, 7) is 4.11. The number of benzene rings is 2. The van der Waals surface area contributed by atoms with E-state index >= 15 is 0 Å². The number of nitrogens with one attached hydrogen (secondary N) is 2. The fourth-order valence-electron chi connectivity index (χ4n) is 3.07. The van der Waals surface area contributed by atoms with Crippen LogP contribution in [-0.2, 0) is 4.79 Å². The lowest BCUT2D eigenvalue weighted by Gasteiger charge is -2.12. The molecule has 6 heteroatoms. The van der Waals surface area contributed by atoms with E-state index in [1.807, 2.05) is 31.2 Å². The Hall–Kier alpha value is -3.28. The number of hydrogen-bond donors (Lipinski definition) is 3. The molecule has 1 aliphatic rings. The number of ether oxygens (including phenoxy) is 2. The Kier molecular flexibility index (Phi) is 7.70. The summed E-state index contributed by atoms with van der Waals surface area (Å²) in [6.07, 6.45) is 4.94. The highest BCUT2D eigenvalue weighted by Gasteiger charge is 2.21. The third-order valence-corrected chi connectivity index (χ3v) is 4.98. The fraction of sp³-hybridized carbons (Fsp3) is 0.360. The molecule has 0 aliphatic heterocycles. The summed E-state index contributed by atoms with van der Waals surface area (Å²) < 4.78 is 11.7. The van der Waals surface area contributed by atoms with Gasteiger partial charge in [-0.1, -0.05) is 6.07 Å². The molecule has 0 bridgehead atoms. The molecule has 0 radical (unpaired) electrons. The van der Waals surface area contributed by atoms with Gasteiger partial charge in [-0.15, -0.1) is 0 Å². The summed E-state index contributed by atoms with van der Waals surface area (Å²) in [6, 6.07) is 14.7. The van der Waals surface area contributed by atoms with E-state index < -0.39 is 0 Å². The van der Waals surface area contributed by atoms with Gasteiger partial charge < -0.3 is 25.3 Å². The molecule has 1 aliphatic carbocycles. The zero-order valence-corrected chi connectivity index (χ0v) is 18.1. The van der Waals surface area contributed by atoms with Crippen LogP contribution >= 0.6 is 0 Å². The van der Waals surface area contributed by atoms with Crippen LogP contribution in [0.2, 0.25) is 0 Å². The van der Waals surface area contributed by atoms with Crippen LogP contribution in [0, 0.1) is 11.3 Å². The number of allylic oxidation sites excluding steroid dienone is 2. The van der Waals surface area contributed by atoms with E-state index in [4.69, 9.17) is 14.9 Å². The molecule has 31 heavy (non-hydrogen) atoms. The molecule has 1 atom stereocenters. The molecule has 6 nitrogen and oxygen atoms in total. The topological polar surface area (TPSA) is 91.6 Å². The van der Waals surface area contributed by atoms with Gasteiger partial charge in [0.05, 0.1) is 18.1 Å². The van der Waals surface area contributed by atoms with Gasteiger partial charge in [0.2, 0.25) is 5.91 Å². The van der Waals surface area contributed by atoms with Crippen molar-refractivity contribution in [2.75, 3.05) is 6.61 Å². The molecule has 0 saturated heterocycles. The molecule has 1 unspecified atom stereocenters. The molecule has 1 saturated carbocycles. The van der Waals surface area contributed by atoms with E-state index in [9.17, 15) is 9.90 Å². The average Bonchev–Trinajstić information content (AvgIpc) is 3.56. The summed E-state index contributed by atoms with van der Waals surface area (Å²) >= 11 is 0. The fourth-order valence-corrected chi connectivity index (χ4v) is 3.07. The van der Waals surface area contributed by atoms with Crippen LogP contribution in [0.1, 0.15) is 45.1 Å². The minimum Gasteiger partial charge on any atom is -0.512 e. The minimum absolute atomic E-state index is 0.0312. The van der Waals surface area contributed by atoms with Crippen molar-refractivity contribution in [2.24, 2.45) is 5.92 Å². The van der Waals surface area contributed by atoms with Gasteiger partial charge in [-0.2, -0.15) is 0 Å². The standard InChI is InChI=1S/C25H30N2O4/c1-17(27-18(2)28)6-11-21(29)14-25(26)20-9-12-22(13-10-20)31-24-5-3-4-23(15-24)30-16-19-7-8-19/h3-5,9-10,12-15,17,19,26,29H,6-8,11,16H2,1-2H3,(H,27,28)/b21-14-,26-25?. The lowest BCUT2D eigenvalue weighted by atomic mass is 10.1. The number of carbonyl (C=O) groups excluding carboxylic acids is 1. The second kappa shape index (κ2) is 10.7. The first-order valence-corrected chi connectivity index (χ1v) is 10.7. The molecule has 164 valence electrons. The van der Waals surface area contributed by atoms with E-state index in [1.165, 1.54) is 25.8 Å². The van der Waals surface area contributed by atoms with Crippen molar-refractivity contribution in [3.05, 3.63) is 65.9 Å². The zero-order chi connectivity index (χ0) is 22.2. The van der Waals surface area contributed by atoms with Crippen molar-refractivity contribution in [2.45, 2.75) is 45.6 Å². The van der Waals surface area contributed by atoms with E-state index in [2.05, 4.69) is 5.32 Å². The van der Waals surface area contributed by atoms with Crippen molar-refractivity contribution in [3.63, 3.8) is 0 Å². The second-order valence-electron chi connectivity index (χ2n) is 8.05. The highest BCUT2D eigenvalue weighted by Crippen LogP contribution is 2.31. The molecule has 0 heterocycles. The van der Waals surface area contributed by atoms with E-state index in [0.717, 1.165) is 12.4 Å². The lowest BCUT2D eigenvalue weighted by molar-refractivity contribution is -0.119. The molecular weight excluding hydrogens is 392 g/mol. The Labute approximate surface area is 183 Å². The third kappa shape index (κ3) is 7.81. The van der Waals surface area contributed by atoms with Gasteiger partial charge >= 0.3 is 0 Å². The van der Waals surface area contributed by atoms with Crippen LogP contribution in [0.15, 0.2) is 60.4 Å². The molecule has 0 aromatic heterocycles. The number of rotatable bonds is 11. The molecule has 0 spiro atoms. The number of aliphatic hydroxyl groups excluding tert-OH is 1. The van der Waals surface area contributed by atoms with Crippen molar-refractivity contribution in [1.82, 2.24) is 5.32 Å². The lowest BCUT2D eigenvalue weighted by Crippen LogP contribution is -2.30. The van der Waals surface area contributed by atoms with Crippen LogP contribution in [0.25, 0.3) is 0 Å². The normalized spacial score (nSPS) is 14.6. The van der Waals surface area contributed by atoms with Crippen molar-refractivity contribution >= 4 is 11.6 Å². The number of carbonyl (C=O) groups is 1. The summed E-state index contributed by atoms with van der Waals surface area (Å²) in [7, 11) is 0. The second-order valence-corrected chi connectivity index (χ2v) is 8.05. The monoisotopic (exact) mass is 422 g/mol. The Morgan fingerprint density at radius 1 is 1.19 bits per heavy atom. The number of hydrogen-bond acceptors (Lipinski definition) is 5. The van der Waals surface area contributed by atoms with Gasteiger partial charge in [0.1, 0.15) is 17.2 Å². The first-order chi connectivity index (χ1) is 14.9. The first-order valence-electron chi connectivity index (χ1n) is 10.7. The van der Waals surface area contributed by atoms with Crippen LogP contribution in [-0.4, -0.2) is 29.4 Å². The van der Waals surface area contributed by atoms with Crippen LogP contribution < -0.4 is 14.8 Å². The van der Waals surface area contributed by atoms with Crippen LogP contribution in [0.4, 0.5) is 0 Å². The van der Waals surface area contributed by atoms with E-state index in [-0.39, 0.29) is 23.4 Å². The first kappa shape index (κ1) is 22.4. The van der Waals surface area contributed by atoms with Crippen LogP contribution in [0.5, 0.6) is 17.2 Å². The Bertz CT molecular complexity index is 933. The number of aliphatic hydroxyl groups is 1. The van der Waals surface area contributed by atoms with Gasteiger partial charge in [0.15, 0.2) is 0 Å². The van der Waals surface area contributed by atoms with Crippen LogP contribution in [0.3, 0.4) is 0 Å². The van der Waals surface area contributed by atoms with E-state index in [0.29, 0.717) is 35.8 Å². The largest absolute Gasteiger partial charge is 0.512 e. The molecule has 3 rings (SSSR count). The Morgan fingerprint density at radius 3 is 2.58 bits per heavy atom. The molecule has 2 aromatic rings. The molecule has 3 N–H and O–H groups in total. The maximum atomic E-state index is 11.0. The number of amides is 1. The third-order valence-electron chi connectivity index (χ3n) is 4.98. The molecule has 1 fully saturated rings. The van der Waals surface area contributed by atoms with Crippen molar-refractivity contribution in [1.29, 1.82) is 5.41 Å². The summed E-state index contributed by atoms with van der Waals surface area (Å²) in [5.41, 5.74) is 0.891. The Morgan fingerprint density at radius 2 is 1.90 bits per heavy atom. The summed E-state index contributed by atoms with van der Waals surface area (Å²) in [5.74, 6) is 2.88. The van der Waals surface area contributed by atoms with Gasteiger partial charge in [0, 0.05) is 31.5 Å². The average molecular weight is 423 g/mol. The maximum absolute atomic E-state index is 11.0. The zero-order valence-electron chi connectivity index (χ0n) is 18.1.